The highest BCUT2D eigenvalue weighted by Crippen LogP contribution is 2.33. The Morgan fingerprint density at radius 1 is 1.45 bits per heavy atom. The molecule has 20 heavy (non-hydrogen) atoms. The minimum atomic E-state index is -0.342. The number of carbonyl (C=O) groups excluding carboxylic acids is 1. The van der Waals surface area contributed by atoms with Gasteiger partial charge in [-0.1, -0.05) is 0 Å². The second-order valence-electron chi connectivity index (χ2n) is 4.57. The maximum Gasteiger partial charge on any atom is 0.348 e. The number of nitrogens with zero attached hydrogens (tertiary/aromatic N) is 1. The van der Waals surface area contributed by atoms with E-state index in [0.717, 1.165) is 36.0 Å². The third-order valence-corrected chi connectivity index (χ3v) is 4.24. The second kappa shape index (κ2) is 5.76. The molecule has 1 saturated heterocycles. The number of ether oxygens (including phenoxy) is 3. The van der Waals surface area contributed by atoms with Crippen LogP contribution < -0.4 is 4.74 Å². The van der Waals surface area contributed by atoms with Crippen molar-refractivity contribution in [3.8, 4) is 5.75 Å². The first-order valence-corrected chi connectivity index (χ1v) is 7.33. The summed E-state index contributed by atoms with van der Waals surface area (Å²) in [5, 5.41) is 0.875. The summed E-state index contributed by atoms with van der Waals surface area (Å²) in [5.74, 6) is 0.312. The van der Waals surface area contributed by atoms with E-state index in [0.29, 0.717) is 10.6 Å². The number of esters is 1. The molecule has 2 aromatic rings. The summed E-state index contributed by atoms with van der Waals surface area (Å²) in [7, 11) is 1.37. The Kier molecular flexibility index (Phi) is 3.84. The molecule has 1 aliphatic rings. The predicted molar refractivity (Wildman–Crippen MR) is 75.2 cm³/mol. The third kappa shape index (κ3) is 2.62. The number of thiophene rings is 1. The molecule has 1 fully saturated rings. The number of carbonyl (C=O) groups is 1. The first kappa shape index (κ1) is 13.3. The number of methoxy groups -OCH3 is 1. The fraction of sp³-hybridized carbons (Fsp3) is 0.429. The van der Waals surface area contributed by atoms with Crippen LogP contribution in [0.5, 0.6) is 5.75 Å². The van der Waals surface area contributed by atoms with E-state index >= 15 is 0 Å². The zero-order valence-electron chi connectivity index (χ0n) is 11.1. The van der Waals surface area contributed by atoms with Crippen molar-refractivity contribution in [1.82, 2.24) is 4.98 Å². The summed E-state index contributed by atoms with van der Waals surface area (Å²) in [4.78, 5) is 16.3. The van der Waals surface area contributed by atoms with Gasteiger partial charge in [0.25, 0.3) is 0 Å². The number of hydrogen-bond acceptors (Lipinski definition) is 6. The lowest BCUT2D eigenvalue weighted by Crippen LogP contribution is -2.25. The zero-order valence-corrected chi connectivity index (χ0v) is 11.9. The van der Waals surface area contributed by atoms with Crippen LogP contribution in [0.15, 0.2) is 18.5 Å². The molecule has 5 nitrogen and oxygen atoms in total. The van der Waals surface area contributed by atoms with Crippen LogP contribution in [0.4, 0.5) is 0 Å². The van der Waals surface area contributed by atoms with Crippen LogP contribution in [0, 0.1) is 0 Å². The highest BCUT2D eigenvalue weighted by molar-refractivity contribution is 7.20. The SMILES string of the molecule is COC(=O)c1cc2c(OC3CCCCO3)cncc2s1. The van der Waals surface area contributed by atoms with Gasteiger partial charge in [0.1, 0.15) is 10.6 Å². The predicted octanol–water partition coefficient (Wildman–Crippen LogP) is 2.99. The van der Waals surface area contributed by atoms with E-state index in [4.69, 9.17) is 14.2 Å². The largest absolute Gasteiger partial charge is 0.465 e. The smallest absolute Gasteiger partial charge is 0.348 e. The van der Waals surface area contributed by atoms with E-state index in [1.165, 1.54) is 18.4 Å². The average Bonchev–Trinajstić information content (AvgIpc) is 2.93. The number of aromatic nitrogens is 1. The standard InChI is InChI=1S/C14H15NO4S/c1-17-14(16)11-6-9-10(7-15-8-12(9)20-11)19-13-4-2-3-5-18-13/h6-8,13H,2-5H2,1H3. The Hall–Kier alpha value is -1.66. The van der Waals surface area contributed by atoms with Gasteiger partial charge in [0.15, 0.2) is 6.29 Å². The van der Waals surface area contributed by atoms with Crippen LogP contribution in [-0.2, 0) is 9.47 Å². The summed E-state index contributed by atoms with van der Waals surface area (Å²) < 4.78 is 17.1. The molecule has 0 aliphatic carbocycles. The van der Waals surface area contributed by atoms with Gasteiger partial charge >= 0.3 is 5.97 Å². The van der Waals surface area contributed by atoms with Crippen LogP contribution in [0.3, 0.4) is 0 Å². The van der Waals surface area contributed by atoms with Gasteiger partial charge in [0.2, 0.25) is 0 Å². The molecule has 3 rings (SSSR count). The molecule has 0 amide bonds. The Labute approximate surface area is 120 Å². The molecule has 1 unspecified atom stereocenters. The molecule has 0 N–H and O–H groups in total. The van der Waals surface area contributed by atoms with E-state index in [-0.39, 0.29) is 12.3 Å². The summed E-state index contributed by atoms with van der Waals surface area (Å²) in [6, 6.07) is 1.78. The van der Waals surface area contributed by atoms with E-state index in [9.17, 15) is 4.79 Å². The zero-order chi connectivity index (χ0) is 13.9. The fourth-order valence-electron chi connectivity index (χ4n) is 2.18. The molecule has 1 atom stereocenters. The molecule has 0 aromatic carbocycles. The maximum atomic E-state index is 11.6. The molecular weight excluding hydrogens is 278 g/mol. The highest BCUT2D eigenvalue weighted by atomic mass is 32.1. The fourth-order valence-corrected chi connectivity index (χ4v) is 3.14. The van der Waals surface area contributed by atoms with Gasteiger partial charge in [-0.3, -0.25) is 4.98 Å². The average molecular weight is 293 g/mol. The van der Waals surface area contributed by atoms with Gasteiger partial charge in [-0.05, 0) is 18.9 Å². The first-order valence-electron chi connectivity index (χ1n) is 6.52. The van der Waals surface area contributed by atoms with Crippen molar-refractivity contribution in [2.45, 2.75) is 25.6 Å². The van der Waals surface area contributed by atoms with E-state index in [1.54, 1.807) is 18.5 Å². The number of pyridine rings is 1. The monoisotopic (exact) mass is 293 g/mol. The van der Waals surface area contributed by atoms with Gasteiger partial charge in [0, 0.05) is 18.0 Å². The Morgan fingerprint density at radius 2 is 2.35 bits per heavy atom. The van der Waals surface area contributed by atoms with Crippen LogP contribution >= 0.6 is 11.3 Å². The Balaban J connectivity index is 1.90. The molecular formula is C14H15NO4S. The lowest BCUT2D eigenvalue weighted by molar-refractivity contribution is -0.105. The Bertz CT molecular complexity index is 619. The van der Waals surface area contributed by atoms with Crippen LogP contribution in [-0.4, -0.2) is 31.0 Å². The van der Waals surface area contributed by atoms with E-state index < -0.39 is 0 Å². The van der Waals surface area contributed by atoms with Crippen molar-refractivity contribution in [2.24, 2.45) is 0 Å². The van der Waals surface area contributed by atoms with Crippen molar-refractivity contribution in [2.75, 3.05) is 13.7 Å². The quantitative estimate of drug-likeness (QED) is 0.814. The lowest BCUT2D eigenvalue weighted by atomic mass is 10.2. The normalized spacial score (nSPS) is 18.9. The minimum absolute atomic E-state index is 0.224. The third-order valence-electron chi connectivity index (χ3n) is 3.19. The summed E-state index contributed by atoms with van der Waals surface area (Å²) in [6.07, 6.45) is 6.22. The lowest BCUT2D eigenvalue weighted by Gasteiger charge is -2.23. The summed E-state index contributed by atoms with van der Waals surface area (Å²) in [6.45, 7) is 0.727. The maximum absolute atomic E-state index is 11.6. The molecule has 0 radical (unpaired) electrons. The molecule has 1 aliphatic heterocycles. The van der Waals surface area contributed by atoms with Crippen molar-refractivity contribution < 1.29 is 19.0 Å². The van der Waals surface area contributed by atoms with Crippen molar-refractivity contribution in [3.05, 3.63) is 23.3 Å². The van der Waals surface area contributed by atoms with Gasteiger partial charge in [0.05, 0.1) is 24.6 Å². The first-order chi connectivity index (χ1) is 9.78. The highest BCUT2D eigenvalue weighted by Gasteiger charge is 2.18. The minimum Gasteiger partial charge on any atom is -0.465 e. The number of hydrogen-bond donors (Lipinski definition) is 0. The molecule has 0 bridgehead atoms. The van der Waals surface area contributed by atoms with E-state index in [2.05, 4.69) is 4.98 Å². The van der Waals surface area contributed by atoms with E-state index in [1.807, 2.05) is 0 Å². The molecule has 0 saturated carbocycles. The van der Waals surface area contributed by atoms with Crippen molar-refractivity contribution in [1.29, 1.82) is 0 Å². The number of rotatable bonds is 3. The van der Waals surface area contributed by atoms with Gasteiger partial charge in [-0.25, -0.2) is 4.79 Å². The van der Waals surface area contributed by atoms with Crippen LogP contribution in [0.2, 0.25) is 0 Å². The van der Waals surface area contributed by atoms with Crippen molar-refractivity contribution in [3.63, 3.8) is 0 Å². The second-order valence-corrected chi connectivity index (χ2v) is 5.65. The molecule has 106 valence electrons. The summed E-state index contributed by atoms with van der Waals surface area (Å²) >= 11 is 1.35. The molecule has 3 heterocycles. The van der Waals surface area contributed by atoms with Gasteiger partial charge in [-0.2, -0.15) is 0 Å². The molecule has 2 aromatic heterocycles. The summed E-state index contributed by atoms with van der Waals surface area (Å²) in [5.41, 5.74) is 0. The molecule has 6 heteroatoms. The molecule has 0 spiro atoms. The van der Waals surface area contributed by atoms with Gasteiger partial charge < -0.3 is 14.2 Å². The van der Waals surface area contributed by atoms with Crippen LogP contribution in [0.1, 0.15) is 28.9 Å². The van der Waals surface area contributed by atoms with Crippen LogP contribution in [0.25, 0.3) is 10.1 Å². The number of fused-ring (bicyclic) bond motifs is 1. The van der Waals surface area contributed by atoms with Crippen molar-refractivity contribution >= 4 is 27.4 Å². The topological polar surface area (TPSA) is 57.7 Å². The Morgan fingerprint density at radius 3 is 3.10 bits per heavy atom. The van der Waals surface area contributed by atoms with Gasteiger partial charge in [-0.15, -0.1) is 11.3 Å².